The van der Waals surface area contributed by atoms with Gasteiger partial charge in [-0.25, -0.2) is 0 Å². The lowest BCUT2D eigenvalue weighted by atomic mass is 10.2. The third-order valence-corrected chi connectivity index (χ3v) is 2.33. The summed E-state index contributed by atoms with van der Waals surface area (Å²) in [7, 11) is 4.08. The Morgan fingerprint density at radius 2 is 2.00 bits per heavy atom. The van der Waals surface area contributed by atoms with Gasteiger partial charge < -0.3 is 14.6 Å². The molecular weight excluding hydrogens is 232 g/mol. The molecule has 0 atom stereocenters. The van der Waals surface area contributed by atoms with Crippen LogP contribution in [-0.2, 0) is 9.59 Å². The molecule has 1 heterocycles. The molecule has 0 bridgehead atoms. The zero-order chi connectivity index (χ0) is 13.4. The van der Waals surface area contributed by atoms with Crippen LogP contribution in [0.1, 0.15) is 0 Å². The molecule has 0 aliphatic carbocycles. The second kappa shape index (κ2) is 7.27. The summed E-state index contributed by atoms with van der Waals surface area (Å²) in [6.07, 6.45) is 2.19. The summed E-state index contributed by atoms with van der Waals surface area (Å²) in [4.78, 5) is 21.5. The number of benzene rings is 1. The quantitative estimate of drug-likeness (QED) is 0.891. The Morgan fingerprint density at radius 1 is 1.28 bits per heavy atom. The van der Waals surface area contributed by atoms with Crippen LogP contribution in [0, 0.1) is 0 Å². The fourth-order valence-corrected chi connectivity index (χ4v) is 1.47. The van der Waals surface area contributed by atoms with Crippen LogP contribution in [0.3, 0.4) is 0 Å². The topological polar surface area (TPSA) is 62.4 Å². The van der Waals surface area contributed by atoms with Gasteiger partial charge in [0.2, 0.25) is 0 Å². The Balaban J connectivity index is 0.000000492. The van der Waals surface area contributed by atoms with Gasteiger partial charge in [-0.2, -0.15) is 9.59 Å². The largest absolute Gasteiger partial charge is 0.492 e. The molecule has 1 aromatic carbocycles. The molecule has 1 N–H and O–H groups in total. The molecule has 2 aromatic rings. The zero-order valence-corrected chi connectivity index (χ0v) is 10.5. The SMILES string of the molecule is CN(C)CCOc1ccc2[nH]ccc2c1.O=C=O. The van der Waals surface area contributed by atoms with Gasteiger partial charge in [0, 0.05) is 23.6 Å². The van der Waals surface area contributed by atoms with E-state index in [1.807, 2.05) is 38.5 Å². The monoisotopic (exact) mass is 248 g/mol. The summed E-state index contributed by atoms with van der Waals surface area (Å²) in [5.74, 6) is 0.934. The van der Waals surface area contributed by atoms with Gasteiger partial charge in [-0.05, 0) is 38.4 Å². The Labute approximate surface area is 105 Å². The molecule has 0 saturated carbocycles. The van der Waals surface area contributed by atoms with Crippen molar-refractivity contribution in [3.63, 3.8) is 0 Å². The molecule has 5 heteroatoms. The number of nitrogens with one attached hydrogen (secondary N) is 1. The summed E-state index contributed by atoms with van der Waals surface area (Å²) in [6, 6.07) is 8.14. The van der Waals surface area contributed by atoms with E-state index >= 15 is 0 Å². The van der Waals surface area contributed by atoms with Crippen molar-refractivity contribution >= 4 is 17.1 Å². The van der Waals surface area contributed by atoms with Crippen molar-refractivity contribution in [3.05, 3.63) is 30.5 Å². The first-order valence-corrected chi connectivity index (χ1v) is 5.51. The predicted molar refractivity (Wildman–Crippen MR) is 67.4 cm³/mol. The maximum atomic E-state index is 8.12. The second-order valence-electron chi connectivity index (χ2n) is 3.96. The van der Waals surface area contributed by atoms with E-state index < -0.39 is 0 Å². The van der Waals surface area contributed by atoms with Crippen LogP contribution in [-0.4, -0.2) is 43.3 Å². The zero-order valence-electron chi connectivity index (χ0n) is 10.5. The Morgan fingerprint density at radius 3 is 2.67 bits per heavy atom. The number of fused-ring (bicyclic) bond motifs is 1. The summed E-state index contributed by atoms with van der Waals surface area (Å²) in [5.41, 5.74) is 1.15. The van der Waals surface area contributed by atoms with Crippen LogP contribution in [0.5, 0.6) is 5.75 Å². The van der Waals surface area contributed by atoms with Crippen molar-refractivity contribution in [2.75, 3.05) is 27.2 Å². The minimum absolute atomic E-state index is 0.250. The van der Waals surface area contributed by atoms with Crippen LogP contribution in [0.4, 0.5) is 0 Å². The van der Waals surface area contributed by atoms with E-state index in [0.29, 0.717) is 0 Å². The number of carbonyl (C=O) groups excluding carboxylic acids is 2. The molecule has 0 aliphatic rings. The Bertz CT molecular complexity index is 514. The van der Waals surface area contributed by atoms with E-state index in [2.05, 4.69) is 16.0 Å². The molecule has 18 heavy (non-hydrogen) atoms. The molecule has 96 valence electrons. The average molecular weight is 248 g/mol. The molecule has 0 fully saturated rings. The summed E-state index contributed by atoms with van der Waals surface area (Å²) >= 11 is 0. The highest BCUT2D eigenvalue weighted by Crippen LogP contribution is 2.19. The lowest BCUT2D eigenvalue weighted by Crippen LogP contribution is -2.19. The number of rotatable bonds is 4. The van der Waals surface area contributed by atoms with Crippen LogP contribution in [0.2, 0.25) is 0 Å². The smallest absolute Gasteiger partial charge is 0.373 e. The van der Waals surface area contributed by atoms with Crippen molar-refractivity contribution in [2.45, 2.75) is 0 Å². The normalized spacial score (nSPS) is 9.72. The fraction of sp³-hybridized carbons (Fsp3) is 0.308. The molecule has 2 rings (SSSR count). The van der Waals surface area contributed by atoms with Gasteiger partial charge >= 0.3 is 6.15 Å². The fourth-order valence-electron chi connectivity index (χ4n) is 1.47. The van der Waals surface area contributed by atoms with Crippen LogP contribution >= 0.6 is 0 Å². The van der Waals surface area contributed by atoms with Crippen molar-refractivity contribution in [1.82, 2.24) is 9.88 Å². The number of H-pyrrole nitrogens is 1. The lowest BCUT2D eigenvalue weighted by Gasteiger charge is -2.10. The van der Waals surface area contributed by atoms with Crippen LogP contribution in [0.15, 0.2) is 30.5 Å². The van der Waals surface area contributed by atoms with Gasteiger partial charge in [0.15, 0.2) is 0 Å². The van der Waals surface area contributed by atoms with Crippen LogP contribution in [0.25, 0.3) is 10.9 Å². The minimum Gasteiger partial charge on any atom is -0.492 e. The molecule has 0 spiro atoms. The Kier molecular flexibility index (Phi) is 5.64. The number of hydrogen-bond donors (Lipinski definition) is 1. The predicted octanol–water partition coefficient (Wildman–Crippen LogP) is 1.52. The van der Waals surface area contributed by atoms with Crippen molar-refractivity contribution in [3.8, 4) is 5.75 Å². The van der Waals surface area contributed by atoms with Gasteiger partial charge in [-0.3, -0.25) is 0 Å². The van der Waals surface area contributed by atoms with E-state index in [9.17, 15) is 0 Å². The highest BCUT2D eigenvalue weighted by atomic mass is 16.5. The number of likely N-dealkylation sites (N-methyl/N-ethyl adjacent to an activating group) is 1. The average Bonchev–Trinajstić information content (AvgIpc) is 2.76. The van der Waals surface area contributed by atoms with Crippen molar-refractivity contribution < 1.29 is 14.3 Å². The molecule has 0 amide bonds. The summed E-state index contributed by atoms with van der Waals surface area (Å²) in [5, 5.41) is 1.19. The van der Waals surface area contributed by atoms with Gasteiger partial charge in [0.05, 0.1) is 0 Å². The molecule has 0 unspecified atom stereocenters. The van der Waals surface area contributed by atoms with Gasteiger partial charge in [-0.15, -0.1) is 0 Å². The second-order valence-corrected chi connectivity index (χ2v) is 3.96. The van der Waals surface area contributed by atoms with Crippen molar-refractivity contribution in [2.24, 2.45) is 0 Å². The molecular formula is C13H16N2O3. The minimum atomic E-state index is 0.250. The first kappa shape index (κ1) is 14.0. The molecule has 5 nitrogen and oxygen atoms in total. The lowest BCUT2D eigenvalue weighted by molar-refractivity contribution is -0.191. The van der Waals surface area contributed by atoms with Gasteiger partial charge in [-0.1, -0.05) is 0 Å². The number of aromatic nitrogens is 1. The van der Waals surface area contributed by atoms with E-state index in [0.717, 1.165) is 24.4 Å². The maximum absolute atomic E-state index is 8.12. The highest BCUT2D eigenvalue weighted by molar-refractivity contribution is 5.80. The first-order valence-electron chi connectivity index (χ1n) is 5.51. The number of nitrogens with zero attached hydrogens (tertiary/aromatic N) is 1. The van der Waals surface area contributed by atoms with E-state index in [4.69, 9.17) is 14.3 Å². The maximum Gasteiger partial charge on any atom is 0.373 e. The van der Waals surface area contributed by atoms with Crippen molar-refractivity contribution in [1.29, 1.82) is 0 Å². The number of ether oxygens (including phenoxy) is 1. The van der Waals surface area contributed by atoms with E-state index in [-0.39, 0.29) is 6.15 Å². The molecule has 1 aromatic heterocycles. The third kappa shape index (κ3) is 4.41. The van der Waals surface area contributed by atoms with Gasteiger partial charge in [0.1, 0.15) is 12.4 Å². The molecule has 0 aliphatic heterocycles. The van der Waals surface area contributed by atoms with Gasteiger partial charge in [0.25, 0.3) is 0 Å². The highest BCUT2D eigenvalue weighted by Gasteiger charge is 1.98. The molecule has 0 radical (unpaired) electrons. The summed E-state index contributed by atoms with van der Waals surface area (Å²) < 4.78 is 5.64. The molecule has 0 saturated heterocycles. The van der Waals surface area contributed by atoms with E-state index in [1.165, 1.54) is 5.39 Å². The number of aromatic amines is 1. The van der Waals surface area contributed by atoms with Crippen LogP contribution < -0.4 is 4.74 Å². The number of hydrogen-bond acceptors (Lipinski definition) is 4. The first-order chi connectivity index (χ1) is 8.67. The standard InChI is InChI=1S/C12H16N2O.CO2/c1-14(2)7-8-15-11-3-4-12-10(9-11)5-6-13-12;2-1-3/h3-6,9,13H,7-8H2,1-2H3;. The summed E-state index contributed by atoms with van der Waals surface area (Å²) in [6.45, 7) is 1.66. The third-order valence-electron chi connectivity index (χ3n) is 2.33. The van der Waals surface area contributed by atoms with E-state index in [1.54, 1.807) is 0 Å². The Hall–Kier alpha value is -2.10.